The monoisotopic (exact) mass is 375 g/mol. The fourth-order valence-electron chi connectivity index (χ4n) is 3.93. The summed E-state index contributed by atoms with van der Waals surface area (Å²) in [4.78, 5) is 40.1. The van der Waals surface area contributed by atoms with E-state index in [9.17, 15) is 14.4 Å². The third-order valence-corrected chi connectivity index (χ3v) is 5.60. The van der Waals surface area contributed by atoms with Crippen molar-refractivity contribution >= 4 is 17.7 Å². The number of hydrogen-bond acceptors (Lipinski definition) is 4. The van der Waals surface area contributed by atoms with Crippen molar-refractivity contribution in [3.05, 3.63) is 24.2 Å². The van der Waals surface area contributed by atoms with Crippen molar-refractivity contribution in [1.82, 2.24) is 15.1 Å². The van der Waals surface area contributed by atoms with E-state index in [0.29, 0.717) is 32.6 Å². The van der Waals surface area contributed by atoms with Crippen molar-refractivity contribution in [3.63, 3.8) is 0 Å². The van der Waals surface area contributed by atoms with Crippen LogP contribution in [0, 0.1) is 5.92 Å². The molecule has 0 bridgehead atoms. The van der Waals surface area contributed by atoms with Gasteiger partial charge in [-0.15, -0.1) is 0 Å². The standard InChI is InChI=1S/C20H29N3O4/c24-18(8-7-16-4-1-2-5-16)22-11-13-23(14-12-22)19(25)9-10-21-20(26)17-6-3-15-27-17/h3,6,15-16H,1-2,4-5,7-14H2,(H,21,26). The Hall–Kier alpha value is -2.31. The molecule has 1 aliphatic heterocycles. The number of carbonyl (C=O) groups excluding carboxylic acids is 3. The minimum atomic E-state index is -0.314. The van der Waals surface area contributed by atoms with Crippen molar-refractivity contribution in [2.45, 2.75) is 44.9 Å². The molecule has 1 aromatic rings. The first kappa shape index (κ1) is 19.5. The highest BCUT2D eigenvalue weighted by molar-refractivity contribution is 5.91. The Morgan fingerprint density at radius 3 is 2.22 bits per heavy atom. The number of nitrogens with zero attached hydrogens (tertiary/aromatic N) is 2. The van der Waals surface area contributed by atoms with E-state index in [1.54, 1.807) is 17.0 Å². The molecule has 148 valence electrons. The highest BCUT2D eigenvalue weighted by atomic mass is 16.3. The molecule has 2 aliphatic rings. The van der Waals surface area contributed by atoms with Gasteiger partial charge in [-0.3, -0.25) is 14.4 Å². The van der Waals surface area contributed by atoms with Gasteiger partial charge in [-0.2, -0.15) is 0 Å². The van der Waals surface area contributed by atoms with E-state index in [-0.39, 0.29) is 36.4 Å². The van der Waals surface area contributed by atoms with Gasteiger partial charge >= 0.3 is 0 Å². The van der Waals surface area contributed by atoms with Gasteiger partial charge in [0.15, 0.2) is 5.76 Å². The van der Waals surface area contributed by atoms with Gasteiger partial charge in [-0.1, -0.05) is 25.7 Å². The quantitative estimate of drug-likeness (QED) is 0.791. The van der Waals surface area contributed by atoms with Crippen LogP contribution in [0.2, 0.25) is 0 Å². The van der Waals surface area contributed by atoms with Crippen LogP contribution in [-0.2, 0) is 9.59 Å². The molecule has 1 aromatic heterocycles. The molecule has 0 spiro atoms. The van der Waals surface area contributed by atoms with E-state index >= 15 is 0 Å². The summed E-state index contributed by atoms with van der Waals surface area (Å²) < 4.78 is 5.01. The van der Waals surface area contributed by atoms with Crippen molar-refractivity contribution < 1.29 is 18.8 Å². The van der Waals surface area contributed by atoms with Gasteiger partial charge in [-0.05, 0) is 24.5 Å². The van der Waals surface area contributed by atoms with Gasteiger partial charge in [0.1, 0.15) is 0 Å². The van der Waals surface area contributed by atoms with E-state index in [0.717, 1.165) is 12.3 Å². The zero-order valence-corrected chi connectivity index (χ0v) is 15.8. The van der Waals surface area contributed by atoms with Crippen LogP contribution in [0.25, 0.3) is 0 Å². The molecule has 0 unspecified atom stereocenters. The topological polar surface area (TPSA) is 82.9 Å². The fraction of sp³-hybridized carbons (Fsp3) is 0.650. The lowest BCUT2D eigenvalue weighted by Gasteiger charge is -2.35. The molecule has 27 heavy (non-hydrogen) atoms. The maximum atomic E-state index is 12.4. The summed E-state index contributed by atoms with van der Waals surface area (Å²) in [5.41, 5.74) is 0. The molecule has 7 heteroatoms. The van der Waals surface area contributed by atoms with Gasteiger partial charge in [-0.25, -0.2) is 0 Å². The molecule has 2 heterocycles. The second kappa shape index (κ2) is 9.58. The maximum Gasteiger partial charge on any atom is 0.286 e. The first-order valence-electron chi connectivity index (χ1n) is 10.0. The van der Waals surface area contributed by atoms with Crippen LogP contribution < -0.4 is 5.32 Å². The first-order chi connectivity index (χ1) is 13.1. The zero-order chi connectivity index (χ0) is 19.1. The molecule has 0 radical (unpaired) electrons. The van der Waals surface area contributed by atoms with Crippen molar-refractivity contribution in [1.29, 1.82) is 0 Å². The lowest BCUT2D eigenvalue weighted by atomic mass is 10.0. The van der Waals surface area contributed by atoms with E-state index in [4.69, 9.17) is 4.42 Å². The Morgan fingerprint density at radius 1 is 1.00 bits per heavy atom. The normalized spacial score (nSPS) is 17.9. The minimum Gasteiger partial charge on any atom is -0.459 e. The number of furan rings is 1. The Kier molecular flexibility index (Phi) is 6.90. The number of rotatable bonds is 7. The molecule has 1 saturated heterocycles. The summed E-state index contributed by atoms with van der Waals surface area (Å²) in [5.74, 6) is 0.887. The highest BCUT2D eigenvalue weighted by Gasteiger charge is 2.25. The van der Waals surface area contributed by atoms with Crippen molar-refractivity contribution in [2.75, 3.05) is 32.7 Å². The van der Waals surface area contributed by atoms with Crippen LogP contribution in [0.3, 0.4) is 0 Å². The summed E-state index contributed by atoms with van der Waals surface area (Å²) in [7, 11) is 0. The van der Waals surface area contributed by atoms with Crippen LogP contribution in [0.15, 0.2) is 22.8 Å². The fourth-order valence-corrected chi connectivity index (χ4v) is 3.93. The molecule has 1 aliphatic carbocycles. The third kappa shape index (κ3) is 5.58. The van der Waals surface area contributed by atoms with E-state index < -0.39 is 0 Å². The van der Waals surface area contributed by atoms with Gasteiger partial charge in [0.05, 0.1) is 6.26 Å². The van der Waals surface area contributed by atoms with E-state index in [1.807, 2.05) is 4.90 Å². The third-order valence-electron chi connectivity index (χ3n) is 5.60. The Labute approximate surface area is 160 Å². The number of hydrogen-bond donors (Lipinski definition) is 1. The second-order valence-corrected chi connectivity index (χ2v) is 7.43. The van der Waals surface area contributed by atoms with Gasteiger partial charge in [0.2, 0.25) is 11.8 Å². The van der Waals surface area contributed by atoms with Crippen molar-refractivity contribution in [2.24, 2.45) is 5.92 Å². The lowest BCUT2D eigenvalue weighted by Crippen LogP contribution is -2.51. The summed E-state index contributed by atoms with van der Waals surface area (Å²) in [5, 5.41) is 2.68. The van der Waals surface area contributed by atoms with Crippen LogP contribution in [0.5, 0.6) is 0 Å². The Morgan fingerprint density at radius 2 is 1.63 bits per heavy atom. The van der Waals surface area contributed by atoms with Crippen LogP contribution in [0.1, 0.15) is 55.5 Å². The molecule has 2 fully saturated rings. The van der Waals surface area contributed by atoms with Gasteiger partial charge in [0.25, 0.3) is 5.91 Å². The largest absolute Gasteiger partial charge is 0.459 e. The summed E-state index contributed by atoms with van der Waals surface area (Å²) >= 11 is 0. The molecule has 7 nitrogen and oxygen atoms in total. The average molecular weight is 375 g/mol. The van der Waals surface area contributed by atoms with E-state index in [1.165, 1.54) is 31.9 Å². The number of piperazine rings is 1. The predicted molar refractivity (Wildman–Crippen MR) is 100 cm³/mol. The number of nitrogens with one attached hydrogen (secondary N) is 1. The smallest absolute Gasteiger partial charge is 0.286 e. The number of amides is 3. The summed E-state index contributed by atoms with van der Waals surface area (Å²) in [6.07, 6.45) is 8.49. The highest BCUT2D eigenvalue weighted by Crippen LogP contribution is 2.28. The predicted octanol–water partition coefficient (Wildman–Crippen LogP) is 2.04. The molecular formula is C20H29N3O4. The van der Waals surface area contributed by atoms with Gasteiger partial charge < -0.3 is 19.5 Å². The second-order valence-electron chi connectivity index (χ2n) is 7.43. The maximum absolute atomic E-state index is 12.4. The van der Waals surface area contributed by atoms with Crippen molar-refractivity contribution in [3.8, 4) is 0 Å². The molecule has 0 aromatic carbocycles. The molecule has 1 saturated carbocycles. The van der Waals surface area contributed by atoms with Gasteiger partial charge in [0, 0.05) is 45.6 Å². The van der Waals surface area contributed by atoms with E-state index in [2.05, 4.69) is 5.32 Å². The molecule has 3 amide bonds. The Bertz CT molecular complexity index is 630. The summed E-state index contributed by atoms with van der Waals surface area (Å²) in [6.45, 7) is 2.63. The minimum absolute atomic E-state index is 0.00722. The molecule has 1 N–H and O–H groups in total. The zero-order valence-electron chi connectivity index (χ0n) is 15.8. The molecule has 3 rings (SSSR count). The van der Waals surface area contributed by atoms with Crippen LogP contribution >= 0.6 is 0 Å². The summed E-state index contributed by atoms with van der Waals surface area (Å²) in [6, 6.07) is 3.23. The van der Waals surface area contributed by atoms with Crippen LogP contribution in [-0.4, -0.2) is 60.2 Å². The molecular weight excluding hydrogens is 346 g/mol. The van der Waals surface area contributed by atoms with Crippen LogP contribution in [0.4, 0.5) is 0 Å². The lowest BCUT2D eigenvalue weighted by molar-refractivity contribution is -0.139. The first-order valence-corrected chi connectivity index (χ1v) is 10.0. The molecule has 0 atom stereocenters. The average Bonchev–Trinajstić information content (AvgIpc) is 3.40. The SMILES string of the molecule is O=C(NCCC(=O)N1CCN(C(=O)CCC2CCCC2)CC1)c1ccco1. The Balaban J connectivity index is 1.31. The number of carbonyl (C=O) groups is 3.